The molecule has 1 saturated heterocycles. The summed E-state index contributed by atoms with van der Waals surface area (Å²) in [6.45, 7) is 5.61. The highest BCUT2D eigenvalue weighted by Gasteiger charge is 2.28. The number of morpholine rings is 1. The molecule has 0 spiro atoms. The lowest BCUT2D eigenvalue weighted by Gasteiger charge is -2.27. The lowest BCUT2D eigenvalue weighted by Crippen LogP contribution is -2.45. The van der Waals surface area contributed by atoms with Gasteiger partial charge in [0.15, 0.2) is 0 Å². The summed E-state index contributed by atoms with van der Waals surface area (Å²) in [5, 5.41) is 3.23. The Labute approximate surface area is 182 Å². The van der Waals surface area contributed by atoms with Crippen LogP contribution < -0.4 is 9.62 Å². The van der Waals surface area contributed by atoms with Crippen LogP contribution in [0, 0.1) is 6.92 Å². The van der Waals surface area contributed by atoms with Crippen LogP contribution in [0.4, 0.5) is 5.69 Å². The van der Waals surface area contributed by atoms with Gasteiger partial charge in [0.25, 0.3) is 10.0 Å². The number of nitrogens with zero attached hydrogens (tertiary/aromatic N) is 2. The number of carbonyl (C=O) groups excluding carboxylic acids is 1. The van der Waals surface area contributed by atoms with Gasteiger partial charge in [-0.1, -0.05) is 35.9 Å². The number of benzene rings is 2. The summed E-state index contributed by atoms with van der Waals surface area (Å²) in [6.07, 6.45) is 0. The number of nitrogens with one attached hydrogen (secondary N) is 1. The van der Waals surface area contributed by atoms with Crippen LogP contribution >= 0.6 is 11.6 Å². The molecule has 1 aliphatic heterocycles. The van der Waals surface area contributed by atoms with E-state index in [-0.39, 0.29) is 17.3 Å². The minimum absolute atomic E-state index is 0.116. The van der Waals surface area contributed by atoms with Crippen LogP contribution in [-0.4, -0.2) is 65.2 Å². The minimum atomic E-state index is -3.95. The van der Waals surface area contributed by atoms with Gasteiger partial charge in [-0.05, 0) is 36.8 Å². The molecular weight excluding hydrogens is 426 g/mol. The van der Waals surface area contributed by atoms with Gasteiger partial charge in [-0.15, -0.1) is 0 Å². The van der Waals surface area contributed by atoms with Gasteiger partial charge < -0.3 is 10.1 Å². The molecule has 0 unspecified atom stereocenters. The van der Waals surface area contributed by atoms with Gasteiger partial charge in [0, 0.05) is 31.2 Å². The molecule has 0 bridgehead atoms. The predicted molar refractivity (Wildman–Crippen MR) is 117 cm³/mol. The molecule has 0 radical (unpaired) electrons. The van der Waals surface area contributed by atoms with Crippen LogP contribution in [0.15, 0.2) is 53.4 Å². The molecule has 0 aromatic heterocycles. The smallest absolute Gasteiger partial charge is 0.264 e. The number of amides is 1. The molecule has 0 saturated carbocycles. The third-order valence-electron chi connectivity index (χ3n) is 4.91. The summed E-state index contributed by atoms with van der Waals surface area (Å²) >= 11 is 6.13. The second-order valence-corrected chi connectivity index (χ2v) is 9.36. The predicted octanol–water partition coefficient (Wildman–Crippen LogP) is 2.29. The number of sulfonamides is 1. The minimum Gasteiger partial charge on any atom is -0.379 e. The average Bonchev–Trinajstić information content (AvgIpc) is 2.75. The molecule has 162 valence electrons. The number of hydrogen-bond donors (Lipinski definition) is 1. The lowest BCUT2D eigenvalue weighted by molar-refractivity contribution is -0.119. The van der Waals surface area contributed by atoms with Crippen molar-refractivity contribution in [2.24, 2.45) is 0 Å². The Morgan fingerprint density at radius 2 is 1.87 bits per heavy atom. The molecule has 0 atom stereocenters. The summed E-state index contributed by atoms with van der Waals surface area (Å²) in [7, 11) is -3.95. The zero-order valence-corrected chi connectivity index (χ0v) is 18.5. The van der Waals surface area contributed by atoms with E-state index in [4.69, 9.17) is 16.3 Å². The first-order chi connectivity index (χ1) is 14.4. The molecule has 30 heavy (non-hydrogen) atoms. The molecule has 3 rings (SSSR count). The number of halogens is 1. The molecule has 1 fully saturated rings. The quantitative estimate of drug-likeness (QED) is 0.666. The van der Waals surface area contributed by atoms with Crippen molar-refractivity contribution in [1.29, 1.82) is 0 Å². The zero-order chi connectivity index (χ0) is 21.6. The summed E-state index contributed by atoms with van der Waals surface area (Å²) in [5.41, 5.74) is 1.09. The van der Waals surface area contributed by atoms with Crippen molar-refractivity contribution in [3.05, 3.63) is 59.1 Å². The van der Waals surface area contributed by atoms with Crippen LogP contribution in [0.1, 0.15) is 5.56 Å². The Balaban J connectivity index is 1.77. The Morgan fingerprint density at radius 1 is 1.17 bits per heavy atom. The van der Waals surface area contributed by atoms with E-state index in [1.807, 2.05) is 0 Å². The maximum atomic E-state index is 13.3. The fraction of sp³-hybridized carbons (Fsp3) is 0.381. The number of carbonyl (C=O) groups is 1. The van der Waals surface area contributed by atoms with Crippen LogP contribution in [-0.2, 0) is 19.6 Å². The number of hydrogen-bond acceptors (Lipinski definition) is 5. The van der Waals surface area contributed by atoms with Crippen molar-refractivity contribution < 1.29 is 17.9 Å². The van der Waals surface area contributed by atoms with E-state index in [0.29, 0.717) is 42.6 Å². The summed E-state index contributed by atoms with van der Waals surface area (Å²) < 4.78 is 33.1. The summed E-state index contributed by atoms with van der Waals surface area (Å²) in [5.74, 6) is -0.373. The van der Waals surface area contributed by atoms with Gasteiger partial charge in [-0.3, -0.25) is 14.0 Å². The standard InChI is InChI=1S/C21H26ClN3O4S/c1-17-7-8-18(22)15-20(17)25(30(27,28)19-5-3-2-4-6-19)16-21(26)23-9-10-24-11-13-29-14-12-24/h2-8,15H,9-14,16H2,1H3,(H,23,26). The number of aryl methyl sites for hydroxylation is 1. The van der Waals surface area contributed by atoms with Crippen molar-refractivity contribution in [3.8, 4) is 0 Å². The third kappa shape index (κ3) is 5.72. The van der Waals surface area contributed by atoms with E-state index in [0.717, 1.165) is 17.4 Å². The Morgan fingerprint density at radius 3 is 2.57 bits per heavy atom. The fourth-order valence-corrected chi connectivity index (χ4v) is 4.90. The molecule has 1 aliphatic rings. The monoisotopic (exact) mass is 451 g/mol. The van der Waals surface area contributed by atoms with Gasteiger partial charge in [-0.2, -0.15) is 0 Å². The van der Waals surface area contributed by atoms with Crippen LogP contribution in [0.25, 0.3) is 0 Å². The highest BCUT2D eigenvalue weighted by molar-refractivity contribution is 7.92. The lowest BCUT2D eigenvalue weighted by atomic mass is 10.2. The van der Waals surface area contributed by atoms with Crippen LogP contribution in [0.2, 0.25) is 5.02 Å². The summed E-state index contributed by atoms with van der Waals surface area (Å²) in [6, 6.07) is 13.1. The Kier molecular flexibility index (Phi) is 7.71. The number of anilines is 1. The third-order valence-corrected chi connectivity index (χ3v) is 6.92. The molecule has 0 aliphatic carbocycles. The molecule has 2 aromatic carbocycles. The number of rotatable bonds is 8. The average molecular weight is 452 g/mol. The Hall–Kier alpha value is -2.13. The largest absolute Gasteiger partial charge is 0.379 e. The van der Waals surface area contributed by atoms with Gasteiger partial charge in [0.1, 0.15) is 6.54 Å². The van der Waals surface area contributed by atoms with E-state index < -0.39 is 10.0 Å². The Bertz CT molecular complexity index is 963. The summed E-state index contributed by atoms with van der Waals surface area (Å²) in [4.78, 5) is 15.0. The van der Waals surface area contributed by atoms with Crippen LogP contribution in [0.3, 0.4) is 0 Å². The zero-order valence-electron chi connectivity index (χ0n) is 16.9. The highest BCUT2D eigenvalue weighted by Crippen LogP contribution is 2.29. The normalized spacial score (nSPS) is 15.0. The van der Waals surface area contributed by atoms with Gasteiger partial charge in [0.05, 0.1) is 23.8 Å². The topological polar surface area (TPSA) is 79.0 Å². The van der Waals surface area contributed by atoms with E-state index in [9.17, 15) is 13.2 Å². The molecule has 1 N–H and O–H groups in total. The molecule has 9 heteroatoms. The highest BCUT2D eigenvalue weighted by atomic mass is 35.5. The number of ether oxygens (including phenoxy) is 1. The molecule has 2 aromatic rings. The molecule has 7 nitrogen and oxygen atoms in total. The van der Waals surface area contributed by atoms with Gasteiger partial charge in [0.2, 0.25) is 5.91 Å². The molecular formula is C21H26ClN3O4S. The first kappa shape index (κ1) is 22.6. The van der Waals surface area contributed by atoms with E-state index >= 15 is 0 Å². The second-order valence-electron chi connectivity index (χ2n) is 7.06. The maximum Gasteiger partial charge on any atom is 0.264 e. The van der Waals surface area contributed by atoms with Crippen molar-refractivity contribution >= 4 is 33.2 Å². The first-order valence-electron chi connectivity index (χ1n) is 9.78. The van der Waals surface area contributed by atoms with Crippen molar-refractivity contribution in [3.63, 3.8) is 0 Å². The van der Waals surface area contributed by atoms with Crippen LogP contribution in [0.5, 0.6) is 0 Å². The van der Waals surface area contributed by atoms with Crippen molar-refractivity contribution in [2.75, 3.05) is 50.2 Å². The van der Waals surface area contributed by atoms with E-state index in [2.05, 4.69) is 10.2 Å². The fourth-order valence-electron chi connectivity index (χ4n) is 3.24. The maximum absolute atomic E-state index is 13.3. The van der Waals surface area contributed by atoms with Gasteiger partial charge >= 0.3 is 0 Å². The first-order valence-corrected chi connectivity index (χ1v) is 11.6. The van der Waals surface area contributed by atoms with Gasteiger partial charge in [-0.25, -0.2) is 8.42 Å². The van der Waals surface area contributed by atoms with E-state index in [1.165, 1.54) is 12.1 Å². The SMILES string of the molecule is Cc1ccc(Cl)cc1N(CC(=O)NCCN1CCOCC1)S(=O)(=O)c1ccccc1. The second kappa shape index (κ2) is 10.3. The molecule has 1 amide bonds. The van der Waals surface area contributed by atoms with E-state index in [1.54, 1.807) is 43.3 Å². The molecule has 1 heterocycles. The van der Waals surface area contributed by atoms with Crippen molar-refractivity contribution in [2.45, 2.75) is 11.8 Å². The van der Waals surface area contributed by atoms with Crippen molar-refractivity contribution in [1.82, 2.24) is 10.2 Å².